The molecule has 0 aliphatic heterocycles. The second-order valence-corrected chi connectivity index (χ2v) is 7.67. The lowest BCUT2D eigenvalue weighted by Gasteiger charge is -2.12. The average Bonchev–Trinajstić information content (AvgIpc) is 3.19. The zero-order valence-electron chi connectivity index (χ0n) is 19.0. The van der Waals surface area contributed by atoms with Crippen molar-refractivity contribution in [1.29, 1.82) is 0 Å². The van der Waals surface area contributed by atoms with Crippen molar-refractivity contribution < 1.29 is 18.9 Å². The van der Waals surface area contributed by atoms with E-state index in [0.29, 0.717) is 40.3 Å². The van der Waals surface area contributed by atoms with Gasteiger partial charge in [0, 0.05) is 11.1 Å². The maximum atomic E-state index is 6.98. The molecule has 0 bridgehead atoms. The van der Waals surface area contributed by atoms with E-state index in [1.807, 2.05) is 59.3 Å². The van der Waals surface area contributed by atoms with Crippen molar-refractivity contribution in [3.05, 3.63) is 77.3 Å². The molecule has 170 valence electrons. The predicted octanol–water partition coefficient (Wildman–Crippen LogP) is 5.95. The van der Waals surface area contributed by atoms with Crippen LogP contribution in [0.3, 0.4) is 0 Å². The molecule has 4 aromatic rings. The Hall–Kier alpha value is -3.64. The topological polar surface area (TPSA) is 54.7 Å². The third-order valence-corrected chi connectivity index (χ3v) is 5.74. The Balaban J connectivity index is 1.89. The summed E-state index contributed by atoms with van der Waals surface area (Å²) in [6.45, 7) is 0.553. The zero-order chi connectivity index (χ0) is 23.4. The van der Waals surface area contributed by atoms with Gasteiger partial charge in [-0.3, -0.25) is 4.68 Å². The number of halogens is 1. The lowest BCUT2D eigenvalue weighted by Crippen LogP contribution is -2.04. The molecule has 0 aliphatic carbocycles. The van der Waals surface area contributed by atoms with E-state index in [4.69, 9.17) is 35.6 Å². The van der Waals surface area contributed by atoms with Gasteiger partial charge in [-0.15, -0.1) is 0 Å². The van der Waals surface area contributed by atoms with Crippen LogP contribution in [0, 0.1) is 0 Å². The number of hydrogen-bond donors (Lipinski definition) is 0. The first-order valence-electron chi connectivity index (χ1n) is 10.3. The van der Waals surface area contributed by atoms with Crippen LogP contribution in [0.5, 0.6) is 23.0 Å². The summed E-state index contributed by atoms with van der Waals surface area (Å²) in [5.41, 5.74) is 4.24. The summed E-state index contributed by atoms with van der Waals surface area (Å²) >= 11 is 6.98. The Morgan fingerprint density at radius 1 is 0.697 bits per heavy atom. The molecule has 0 N–H and O–H groups in total. The molecule has 0 spiro atoms. The molecule has 0 unspecified atom stereocenters. The number of benzene rings is 3. The molecule has 7 heteroatoms. The van der Waals surface area contributed by atoms with Crippen molar-refractivity contribution in [2.75, 3.05) is 28.4 Å². The zero-order valence-corrected chi connectivity index (χ0v) is 19.7. The highest BCUT2D eigenvalue weighted by Crippen LogP contribution is 2.41. The number of nitrogens with zero attached hydrogens (tertiary/aromatic N) is 2. The largest absolute Gasteiger partial charge is 0.493 e. The fraction of sp³-hybridized carbons (Fsp3) is 0.192. The molecule has 4 rings (SSSR count). The molecule has 0 atom stereocenters. The predicted molar refractivity (Wildman–Crippen MR) is 130 cm³/mol. The Bertz CT molecular complexity index is 1250. The standard InChI is InChI=1S/C26H25ClN2O4/c1-30-20-12-10-18(14-22(20)32-3)25-24(27)26(19-11-13-21(31-2)23(15-19)33-4)29(28-25)16-17-8-6-5-7-9-17/h5-15H,16H2,1-4H3. The molecule has 0 amide bonds. The summed E-state index contributed by atoms with van der Waals surface area (Å²) in [7, 11) is 6.43. The molecule has 0 fully saturated rings. The normalized spacial score (nSPS) is 10.7. The van der Waals surface area contributed by atoms with Crippen LogP contribution in [0.1, 0.15) is 5.56 Å². The Morgan fingerprint density at radius 2 is 1.24 bits per heavy atom. The van der Waals surface area contributed by atoms with Gasteiger partial charge in [0.2, 0.25) is 0 Å². The fourth-order valence-electron chi connectivity index (χ4n) is 3.74. The minimum absolute atomic E-state index is 0.533. The van der Waals surface area contributed by atoms with Gasteiger partial charge in [-0.2, -0.15) is 5.10 Å². The molecule has 0 radical (unpaired) electrons. The molecule has 1 aromatic heterocycles. The highest BCUT2D eigenvalue weighted by atomic mass is 35.5. The number of aromatic nitrogens is 2. The van der Waals surface area contributed by atoms with Crippen molar-refractivity contribution >= 4 is 11.6 Å². The fourth-order valence-corrected chi connectivity index (χ4v) is 4.09. The summed E-state index contributed by atoms with van der Waals surface area (Å²) < 4.78 is 23.7. The van der Waals surface area contributed by atoms with Crippen molar-refractivity contribution in [3.8, 4) is 45.5 Å². The molecule has 0 aliphatic rings. The van der Waals surface area contributed by atoms with Gasteiger partial charge >= 0.3 is 0 Å². The van der Waals surface area contributed by atoms with E-state index >= 15 is 0 Å². The van der Waals surface area contributed by atoms with E-state index < -0.39 is 0 Å². The van der Waals surface area contributed by atoms with Crippen LogP contribution < -0.4 is 18.9 Å². The number of ether oxygens (including phenoxy) is 4. The van der Waals surface area contributed by atoms with Crippen LogP contribution in [0.2, 0.25) is 5.02 Å². The summed E-state index contributed by atoms with van der Waals surface area (Å²) in [5.74, 6) is 2.51. The van der Waals surface area contributed by atoms with E-state index in [2.05, 4.69) is 12.1 Å². The van der Waals surface area contributed by atoms with Crippen LogP contribution in [0.4, 0.5) is 0 Å². The van der Waals surface area contributed by atoms with Gasteiger partial charge in [0.25, 0.3) is 0 Å². The minimum Gasteiger partial charge on any atom is -0.493 e. The monoisotopic (exact) mass is 464 g/mol. The molecule has 0 saturated carbocycles. The summed E-state index contributed by atoms with van der Waals surface area (Å²) in [6.07, 6.45) is 0. The first-order chi connectivity index (χ1) is 16.1. The van der Waals surface area contributed by atoms with Gasteiger partial charge in [-0.25, -0.2) is 0 Å². The van der Waals surface area contributed by atoms with E-state index in [-0.39, 0.29) is 0 Å². The second kappa shape index (κ2) is 9.88. The third kappa shape index (κ3) is 4.47. The SMILES string of the molecule is COc1ccc(-c2nn(Cc3ccccc3)c(-c3ccc(OC)c(OC)c3)c2Cl)cc1OC. The quantitative estimate of drug-likeness (QED) is 0.322. The van der Waals surface area contributed by atoms with Gasteiger partial charge in [-0.05, 0) is 42.0 Å². The first-order valence-corrected chi connectivity index (χ1v) is 10.7. The van der Waals surface area contributed by atoms with Gasteiger partial charge in [0.05, 0.1) is 45.7 Å². The van der Waals surface area contributed by atoms with Gasteiger partial charge < -0.3 is 18.9 Å². The average molecular weight is 465 g/mol. The molecule has 0 saturated heterocycles. The lowest BCUT2D eigenvalue weighted by molar-refractivity contribution is 0.355. The van der Waals surface area contributed by atoms with E-state index in [9.17, 15) is 0 Å². The summed E-state index contributed by atoms with van der Waals surface area (Å²) in [6, 6.07) is 21.5. The Labute approximate surface area is 198 Å². The second-order valence-electron chi connectivity index (χ2n) is 7.29. The maximum absolute atomic E-state index is 6.98. The van der Waals surface area contributed by atoms with Crippen LogP contribution in [-0.2, 0) is 6.54 Å². The molecular weight excluding hydrogens is 440 g/mol. The van der Waals surface area contributed by atoms with Crippen molar-refractivity contribution in [1.82, 2.24) is 9.78 Å². The van der Waals surface area contributed by atoms with Crippen molar-refractivity contribution in [2.45, 2.75) is 6.54 Å². The third-order valence-electron chi connectivity index (χ3n) is 5.38. The molecule has 3 aromatic carbocycles. The number of rotatable bonds is 8. The highest BCUT2D eigenvalue weighted by molar-refractivity contribution is 6.35. The summed E-state index contributed by atoms with van der Waals surface area (Å²) in [4.78, 5) is 0. The van der Waals surface area contributed by atoms with E-state index in [0.717, 1.165) is 22.4 Å². The van der Waals surface area contributed by atoms with E-state index in [1.54, 1.807) is 28.4 Å². The van der Waals surface area contributed by atoms with Crippen LogP contribution >= 0.6 is 11.6 Å². The highest BCUT2D eigenvalue weighted by Gasteiger charge is 2.22. The maximum Gasteiger partial charge on any atom is 0.161 e. The molecular formula is C26H25ClN2O4. The molecule has 33 heavy (non-hydrogen) atoms. The van der Waals surface area contributed by atoms with Gasteiger partial charge in [0.1, 0.15) is 5.69 Å². The van der Waals surface area contributed by atoms with E-state index in [1.165, 1.54) is 0 Å². The summed E-state index contributed by atoms with van der Waals surface area (Å²) in [5, 5.41) is 5.43. The van der Waals surface area contributed by atoms with Gasteiger partial charge in [-0.1, -0.05) is 41.9 Å². The molecule has 1 heterocycles. The number of hydrogen-bond acceptors (Lipinski definition) is 5. The van der Waals surface area contributed by atoms with Gasteiger partial charge in [0.15, 0.2) is 23.0 Å². The smallest absolute Gasteiger partial charge is 0.161 e. The lowest BCUT2D eigenvalue weighted by atomic mass is 10.1. The Kier molecular flexibility index (Phi) is 6.75. The first kappa shape index (κ1) is 22.6. The van der Waals surface area contributed by atoms with Crippen molar-refractivity contribution in [2.24, 2.45) is 0 Å². The number of methoxy groups -OCH3 is 4. The Morgan fingerprint density at radius 3 is 1.82 bits per heavy atom. The van der Waals surface area contributed by atoms with Crippen LogP contribution in [-0.4, -0.2) is 38.2 Å². The van der Waals surface area contributed by atoms with Crippen molar-refractivity contribution in [3.63, 3.8) is 0 Å². The molecule has 6 nitrogen and oxygen atoms in total. The van der Waals surface area contributed by atoms with Crippen LogP contribution in [0.15, 0.2) is 66.7 Å². The van der Waals surface area contributed by atoms with Crippen LogP contribution in [0.25, 0.3) is 22.5 Å². The minimum atomic E-state index is 0.533.